The third-order valence-electron chi connectivity index (χ3n) is 5.66. The molecule has 1 unspecified atom stereocenters. The van der Waals surface area contributed by atoms with Gasteiger partial charge in [-0.2, -0.15) is 4.98 Å². The first-order chi connectivity index (χ1) is 15.5. The number of aromatic nitrogens is 2. The highest BCUT2D eigenvalue weighted by Crippen LogP contribution is 2.31. The van der Waals surface area contributed by atoms with Gasteiger partial charge in [-0.1, -0.05) is 47.6 Å². The van der Waals surface area contributed by atoms with E-state index in [-0.39, 0.29) is 18.0 Å². The predicted molar refractivity (Wildman–Crippen MR) is 121 cm³/mol. The van der Waals surface area contributed by atoms with Gasteiger partial charge in [0.2, 0.25) is 17.6 Å². The lowest BCUT2D eigenvalue weighted by Crippen LogP contribution is -2.41. The van der Waals surface area contributed by atoms with Crippen molar-refractivity contribution >= 4 is 17.6 Å². The molecule has 0 bridgehead atoms. The molecule has 2 heterocycles. The smallest absolute Gasteiger partial charge is 0.322 e. The molecule has 8 heteroatoms. The molecule has 8 nitrogen and oxygen atoms in total. The predicted octanol–water partition coefficient (Wildman–Crippen LogP) is 4.47. The van der Waals surface area contributed by atoms with Crippen LogP contribution in [-0.4, -0.2) is 45.5 Å². The van der Waals surface area contributed by atoms with Crippen molar-refractivity contribution in [2.75, 3.05) is 18.9 Å². The minimum atomic E-state index is -0.263. The number of nitrogens with one attached hydrogen (secondary N) is 1. The van der Waals surface area contributed by atoms with E-state index < -0.39 is 0 Å². The first-order valence-corrected chi connectivity index (χ1v) is 10.8. The lowest BCUT2D eigenvalue weighted by molar-refractivity contribution is -0.128. The van der Waals surface area contributed by atoms with Gasteiger partial charge in [-0.15, -0.1) is 0 Å². The Bertz CT molecular complexity index is 1080. The van der Waals surface area contributed by atoms with Crippen molar-refractivity contribution < 1.29 is 14.1 Å². The monoisotopic (exact) mass is 433 g/mol. The summed E-state index contributed by atoms with van der Waals surface area (Å²) in [7, 11) is 1.75. The maximum Gasteiger partial charge on any atom is 0.322 e. The van der Waals surface area contributed by atoms with Crippen LogP contribution in [0.1, 0.15) is 43.7 Å². The van der Waals surface area contributed by atoms with E-state index in [9.17, 15) is 9.59 Å². The average molecular weight is 434 g/mol. The summed E-state index contributed by atoms with van der Waals surface area (Å²) in [6.07, 6.45) is 2.69. The highest BCUT2D eigenvalue weighted by atomic mass is 16.5. The quantitative estimate of drug-likeness (QED) is 0.641. The summed E-state index contributed by atoms with van der Waals surface area (Å²) in [5.41, 5.74) is 2.51. The van der Waals surface area contributed by atoms with Gasteiger partial charge < -0.3 is 19.6 Å². The Labute approximate surface area is 187 Å². The SMILES string of the molecule is CC(=O)N(C)Cc1cccc(NC(=O)N2CCCCC2c2nc(-c3ccccc3)no2)c1. The topological polar surface area (TPSA) is 91.6 Å². The molecule has 3 amide bonds. The molecule has 0 aliphatic carbocycles. The molecule has 32 heavy (non-hydrogen) atoms. The van der Waals surface area contributed by atoms with E-state index in [0.29, 0.717) is 30.5 Å². The molecule has 1 fully saturated rings. The number of hydrogen-bond acceptors (Lipinski definition) is 5. The summed E-state index contributed by atoms with van der Waals surface area (Å²) in [6.45, 7) is 2.63. The van der Waals surface area contributed by atoms with Gasteiger partial charge in [0.1, 0.15) is 6.04 Å². The van der Waals surface area contributed by atoms with E-state index in [4.69, 9.17) is 4.52 Å². The fourth-order valence-electron chi connectivity index (χ4n) is 3.83. The van der Waals surface area contributed by atoms with Crippen LogP contribution in [0, 0.1) is 0 Å². The van der Waals surface area contributed by atoms with Crippen LogP contribution in [-0.2, 0) is 11.3 Å². The van der Waals surface area contributed by atoms with Crippen LogP contribution in [0.4, 0.5) is 10.5 Å². The molecule has 1 saturated heterocycles. The molecule has 0 radical (unpaired) electrons. The third-order valence-corrected chi connectivity index (χ3v) is 5.66. The van der Waals surface area contributed by atoms with Crippen molar-refractivity contribution in [3.8, 4) is 11.4 Å². The largest absolute Gasteiger partial charge is 0.342 e. The summed E-state index contributed by atoms with van der Waals surface area (Å²) in [5.74, 6) is 0.967. The van der Waals surface area contributed by atoms with E-state index in [1.54, 1.807) is 16.8 Å². The average Bonchev–Trinajstić information content (AvgIpc) is 3.30. The lowest BCUT2D eigenvalue weighted by Gasteiger charge is -2.33. The number of amides is 3. The molecule has 166 valence electrons. The van der Waals surface area contributed by atoms with Crippen molar-refractivity contribution in [1.82, 2.24) is 19.9 Å². The highest BCUT2D eigenvalue weighted by Gasteiger charge is 2.32. The number of hydrogen-bond donors (Lipinski definition) is 1. The summed E-state index contributed by atoms with van der Waals surface area (Å²) in [5, 5.41) is 7.10. The molecule has 1 aliphatic rings. The van der Waals surface area contributed by atoms with Crippen molar-refractivity contribution in [3.63, 3.8) is 0 Å². The molecule has 3 aromatic rings. The zero-order valence-corrected chi connectivity index (χ0v) is 18.3. The Balaban J connectivity index is 1.48. The zero-order chi connectivity index (χ0) is 22.5. The molecule has 1 N–H and O–H groups in total. The number of rotatable bonds is 5. The fraction of sp³-hybridized carbons (Fsp3) is 0.333. The van der Waals surface area contributed by atoms with Crippen LogP contribution in [0.5, 0.6) is 0 Å². The van der Waals surface area contributed by atoms with Gasteiger partial charge in [-0.25, -0.2) is 4.79 Å². The van der Waals surface area contributed by atoms with Crippen LogP contribution in [0.3, 0.4) is 0 Å². The Hall–Kier alpha value is -3.68. The number of carbonyl (C=O) groups is 2. The van der Waals surface area contributed by atoms with E-state index in [2.05, 4.69) is 15.5 Å². The van der Waals surface area contributed by atoms with Crippen molar-refractivity contribution in [3.05, 3.63) is 66.1 Å². The molecule has 4 rings (SSSR count). The molecule has 1 atom stereocenters. The standard InChI is InChI=1S/C24H27N5O3/c1-17(30)28(2)16-18-9-8-12-20(15-18)25-24(31)29-14-7-6-13-21(29)23-26-22(27-32-23)19-10-4-3-5-11-19/h3-5,8-12,15,21H,6-7,13-14,16H2,1-2H3,(H,25,31). The maximum absolute atomic E-state index is 13.1. The van der Waals surface area contributed by atoms with Crippen LogP contribution >= 0.6 is 0 Å². The third kappa shape index (κ3) is 4.96. The molecule has 1 aromatic heterocycles. The van der Waals surface area contributed by atoms with Gasteiger partial charge in [-0.05, 0) is 37.0 Å². The zero-order valence-electron chi connectivity index (χ0n) is 18.3. The van der Waals surface area contributed by atoms with E-state index >= 15 is 0 Å². The van der Waals surface area contributed by atoms with Gasteiger partial charge in [0.15, 0.2) is 0 Å². The number of carbonyl (C=O) groups excluding carboxylic acids is 2. The second-order valence-corrected chi connectivity index (χ2v) is 8.03. The second kappa shape index (κ2) is 9.64. The number of likely N-dealkylation sites (tertiary alicyclic amines) is 1. The molecule has 1 aliphatic heterocycles. The molecule has 0 spiro atoms. The Kier molecular flexibility index (Phi) is 6.49. The summed E-state index contributed by atoms with van der Waals surface area (Å²) in [4.78, 5) is 32.6. The van der Waals surface area contributed by atoms with Gasteiger partial charge in [0.25, 0.3) is 0 Å². The molecular weight excluding hydrogens is 406 g/mol. The van der Waals surface area contributed by atoms with Crippen LogP contribution < -0.4 is 5.32 Å². The fourth-order valence-corrected chi connectivity index (χ4v) is 3.83. The van der Waals surface area contributed by atoms with Crippen LogP contribution in [0.25, 0.3) is 11.4 Å². The lowest BCUT2D eigenvalue weighted by atomic mass is 10.0. The molecule has 2 aromatic carbocycles. The molecular formula is C24H27N5O3. The molecule has 0 saturated carbocycles. The first kappa shape index (κ1) is 21.5. The van der Waals surface area contributed by atoms with E-state index in [1.807, 2.05) is 54.6 Å². The summed E-state index contributed by atoms with van der Waals surface area (Å²) >= 11 is 0. The highest BCUT2D eigenvalue weighted by molar-refractivity contribution is 5.89. The maximum atomic E-state index is 13.1. The van der Waals surface area contributed by atoms with Crippen molar-refractivity contribution in [2.45, 2.75) is 38.8 Å². The minimum Gasteiger partial charge on any atom is -0.342 e. The summed E-state index contributed by atoms with van der Waals surface area (Å²) in [6, 6.07) is 16.7. The van der Waals surface area contributed by atoms with Gasteiger partial charge in [-0.3, -0.25) is 4.79 Å². The Morgan fingerprint density at radius 3 is 2.75 bits per heavy atom. The van der Waals surface area contributed by atoms with E-state index in [0.717, 1.165) is 30.4 Å². The Morgan fingerprint density at radius 1 is 1.16 bits per heavy atom. The van der Waals surface area contributed by atoms with Gasteiger partial charge >= 0.3 is 6.03 Å². The van der Waals surface area contributed by atoms with Gasteiger partial charge in [0.05, 0.1) is 0 Å². The summed E-state index contributed by atoms with van der Waals surface area (Å²) < 4.78 is 5.55. The van der Waals surface area contributed by atoms with E-state index in [1.165, 1.54) is 6.92 Å². The first-order valence-electron chi connectivity index (χ1n) is 10.8. The second-order valence-electron chi connectivity index (χ2n) is 8.03. The minimum absolute atomic E-state index is 0.00923. The number of piperidine rings is 1. The van der Waals surface area contributed by atoms with Crippen molar-refractivity contribution in [1.29, 1.82) is 0 Å². The number of nitrogens with zero attached hydrogens (tertiary/aromatic N) is 4. The number of urea groups is 1. The van der Waals surface area contributed by atoms with Crippen LogP contribution in [0.2, 0.25) is 0 Å². The van der Waals surface area contributed by atoms with Crippen LogP contribution in [0.15, 0.2) is 59.1 Å². The normalized spacial score (nSPS) is 15.9. The number of anilines is 1. The Morgan fingerprint density at radius 2 is 1.97 bits per heavy atom. The van der Waals surface area contributed by atoms with Crippen molar-refractivity contribution in [2.24, 2.45) is 0 Å². The van der Waals surface area contributed by atoms with Gasteiger partial charge in [0, 0.05) is 38.3 Å². The number of benzene rings is 2.